The Morgan fingerprint density at radius 1 is 1.23 bits per heavy atom. The van der Waals surface area contributed by atoms with Crippen LogP contribution in [-0.4, -0.2) is 28.7 Å². The van der Waals surface area contributed by atoms with Crippen molar-refractivity contribution in [1.82, 2.24) is 9.78 Å². The first-order valence-corrected chi connectivity index (χ1v) is 10.4. The van der Waals surface area contributed by atoms with E-state index in [1.165, 1.54) is 0 Å². The van der Waals surface area contributed by atoms with E-state index in [2.05, 4.69) is 15.7 Å². The maximum atomic E-state index is 12.7. The van der Waals surface area contributed by atoms with E-state index in [-0.39, 0.29) is 24.8 Å². The highest BCUT2D eigenvalue weighted by atomic mass is 35.5. The number of hydrogen-bond donors (Lipinski definition) is 2. The summed E-state index contributed by atoms with van der Waals surface area (Å²) in [7, 11) is 1.57. The molecule has 31 heavy (non-hydrogen) atoms. The second-order valence-corrected chi connectivity index (χ2v) is 8.15. The van der Waals surface area contributed by atoms with Gasteiger partial charge in [0.15, 0.2) is 0 Å². The molecule has 2 aromatic carbocycles. The van der Waals surface area contributed by atoms with E-state index in [0.717, 1.165) is 16.7 Å². The van der Waals surface area contributed by atoms with Gasteiger partial charge in [-0.3, -0.25) is 9.59 Å². The lowest BCUT2D eigenvalue weighted by Crippen LogP contribution is -2.24. The number of nitrogens with one attached hydrogen (secondary N) is 2. The summed E-state index contributed by atoms with van der Waals surface area (Å²) in [5.41, 5.74) is 3.67. The fraction of sp³-hybridized carbons (Fsp3) is 0.227. The second kappa shape index (κ2) is 8.70. The van der Waals surface area contributed by atoms with Crippen LogP contribution in [0.25, 0.3) is 11.1 Å². The van der Waals surface area contributed by atoms with Crippen molar-refractivity contribution in [2.45, 2.75) is 26.0 Å². The van der Waals surface area contributed by atoms with E-state index >= 15 is 0 Å². The number of carbonyl (C=O) groups excluding carboxylic acids is 2. The molecular formula is C22H20Cl2N4O3. The molecule has 4 rings (SSSR count). The van der Waals surface area contributed by atoms with Crippen molar-refractivity contribution in [1.29, 1.82) is 0 Å². The van der Waals surface area contributed by atoms with Gasteiger partial charge in [-0.15, -0.1) is 0 Å². The van der Waals surface area contributed by atoms with Crippen molar-refractivity contribution in [3.63, 3.8) is 0 Å². The molecule has 1 aliphatic heterocycles. The van der Waals surface area contributed by atoms with Crippen molar-refractivity contribution in [3.05, 3.63) is 63.8 Å². The van der Waals surface area contributed by atoms with E-state index in [4.69, 9.17) is 27.9 Å². The number of nitrogens with zero attached hydrogens (tertiary/aromatic N) is 2. The molecule has 1 aliphatic rings. The van der Waals surface area contributed by atoms with Gasteiger partial charge >= 0.3 is 0 Å². The van der Waals surface area contributed by atoms with E-state index in [0.29, 0.717) is 27.2 Å². The zero-order chi connectivity index (χ0) is 22.1. The average Bonchev–Trinajstić information content (AvgIpc) is 3.20. The molecule has 2 amide bonds. The Morgan fingerprint density at radius 3 is 2.74 bits per heavy atom. The van der Waals surface area contributed by atoms with Crippen molar-refractivity contribution in [2.75, 3.05) is 17.7 Å². The lowest BCUT2D eigenvalue weighted by Gasteiger charge is -2.12. The molecule has 0 saturated heterocycles. The maximum Gasteiger partial charge on any atom is 0.251 e. The zero-order valence-electron chi connectivity index (χ0n) is 16.9. The Morgan fingerprint density at radius 2 is 2.00 bits per heavy atom. The van der Waals surface area contributed by atoms with Crippen LogP contribution in [0.5, 0.6) is 0 Å². The Bertz CT molecular complexity index is 1180. The van der Waals surface area contributed by atoms with Crippen LogP contribution in [0.3, 0.4) is 0 Å². The first kappa shape index (κ1) is 21.4. The van der Waals surface area contributed by atoms with Crippen LogP contribution in [-0.2, 0) is 20.9 Å². The maximum absolute atomic E-state index is 12.7. The van der Waals surface area contributed by atoms with E-state index in [1.54, 1.807) is 36.1 Å². The van der Waals surface area contributed by atoms with E-state index < -0.39 is 6.04 Å². The monoisotopic (exact) mass is 458 g/mol. The number of aryl methyl sites for hydroxylation is 1. The molecule has 1 atom stereocenters. The number of benzene rings is 2. The fourth-order valence-corrected chi connectivity index (χ4v) is 3.97. The van der Waals surface area contributed by atoms with E-state index in [1.807, 2.05) is 25.1 Å². The van der Waals surface area contributed by atoms with Gasteiger partial charge in [-0.05, 0) is 42.3 Å². The molecule has 9 heteroatoms. The lowest BCUT2D eigenvalue weighted by molar-refractivity contribution is -0.123. The number of carbonyl (C=O) groups is 2. The quantitative estimate of drug-likeness (QED) is 0.553. The molecule has 0 aliphatic carbocycles. The van der Waals surface area contributed by atoms with Gasteiger partial charge < -0.3 is 15.4 Å². The minimum Gasteiger partial charge on any atom is -0.378 e. The summed E-state index contributed by atoms with van der Waals surface area (Å²) in [6, 6.07) is 11.8. The number of amides is 2. The van der Waals surface area contributed by atoms with Crippen molar-refractivity contribution < 1.29 is 14.3 Å². The molecule has 3 aromatic rings. The number of fused-ring (bicyclic) bond motifs is 1. The third-order valence-electron chi connectivity index (χ3n) is 5.07. The molecule has 0 saturated carbocycles. The fourth-order valence-electron chi connectivity index (χ4n) is 3.61. The SMILES string of the molecule is COCc1nn2c(c1-c1cccc(Cl)c1)NC(=O)C2CC(=O)Nc1cc(Cl)ccc1C. The summed E-state index contributed by atoms with van der Waals surface area (Å²) >= 11 is 12.2. The third kappa shape index (κ3) is 4.30. The Balaban J connectivity index is 1.64. The minimum atomic E-state index is -0.780. The van der Waals surface area contributed by atoms with Gasteiger partial charge in [0.1, 0.15) is 11.9 Å². The molecule has 2 N–H and O–H groups in total. The van der Waals surface area contributed by atoms with Gasteiger partial charge in [0.25, 0.3) is 5.91 Å². The topological polar surface area (TPSA) is 85.2 Å². The van der Waals surface area contributed by atoms with Crippen LogP contribution >= 0.6 is 23.2 Å². The number of ether oxygens (including phenoxy) is 1. The Kier molecular flexibility index (Phi) is 6.00. The van der Waals surface area contributed by atoms with Crippen LogP contribution in [0.2, 0.25) is 10.0 Å². The standard InChI is InChI=1S/C22H20Cl2N4O3/c1-12-6-7-15(24)9-16(12)25-19(29)10-18-22(30)26-21-20(13-4-3-5-14(23)8-13)17(11-31-2)27-28(18)21/h3-9,18H,10-11H2,1-2H3,(H,25,29)(H,26,30). The van der Waals surface area contributed by atoms with Gasteiger partial charge in [0.05, 0.1) is 18.7 Å². The number of halogens is 2. The number of aromatic nitrogens is 2. The molecule has 2 heterocycles. The lowest BCUT2D eigenvalue weighted by atomic mass is 10.1. The van der Waals surface area contributed by atoms with Crippen molar-refractivity contribution in [2.24, 2.45) is 0 Å². The Hall–Kier alpha value is -2.87. The molecule has 7 nitrogen and oxygen atoms in total. The Labute approximate surface area is 189 Å². The van der Waals surface area contributed by atoms with Gasteiger partial charge in [-0.25, -0.2) is 4.68 Å². The van der Waals surface area contributed by atoms with E-state index in [9.17, 15) is 9.59 Å². The highest BCUT2D eigenvalue weighted by molar-refractivity contribution is 6.31. The average molecular weight is 459 g/mol. The van der Waals surface area contributed by atoms with Crippen LogP contribution in [0.4, 0.5) is 11.5 Å². The molecule has 160 valence electrons. The van der Waals surface area contributed by atoms with Crippen molar-refractivity contribution >= 4 is 46.5 Å². The molecule has 0 spiro atoms. The van der Waals surface area contributed by atoms with Gasteiger partial charge in [0, 0.05) is 28.4 Å². The highest BCUT2D eigenvalue weighted by Crippen LogP contribution is 2.39. The van der Waals surface area contributed by atoms with Crippen molar-refractivity contribution in [3.8, 4) is 11.1 Å². The summed E-state index contributed by atoms with van der Waals surface area (Å²) < 4.78 is 6.84. The number of anilines is 2. The molecule has 0 fully saturated rings. The zero-order valence-corrected chi connectivity index (χ0v) is 18.4. The largest absolute Gasteiger partial charge is 0.378 e. The number of rotatable bonds is 6. The first-order chi connectivity index (χ1) is 14.9. The second-order valence-electron chi connectivity index (χ2n) is 7.27. The van der Waals surface area contributed by atoms with Crippen LogP contribution < -0.4 is 10.6 Å². The van der Waals surface area contributed by atoms with Crippen LogP contribution in [0.15, 0.2) is 42.5 Å². The summed E-state index contributed by atoms with van der Waals surface area (Å²) in [5.74, 6) is -0.0878. The highest BCUT2D eigenvalue weighted by Gasteiger charge is 2.37. The molecule has 0 radical (unpaired) electrons. The molecule has 1 aromatic heterocycles. The van der Waals surface area contributed by atoms with Crippen LogP contribution in [0, 0.1) is 6.92 Å². The normalized spacial score (nSPS) is 15.0. The summed E-state index contributed by atoms with van der Waals surface area (Å²) in [4.78, 5) is 25.4. The summed E-state index contributed by atoms with van der Waals surface area (Å²) in [6.45, 7) is 2.12. The molecular weight excluding hydrogens is 439 g/mol. The number of methoxy groups -OCH3 is 1. The minimum absolute atomic E-state index is 0.0755. The molecule has 1 unspecified atom stereocenters. The predicted octanol–water partition coefficient (Wildman–Crippen LogP) is 4.83. The third-order valence-corrected chi connectivity index (χ3v) is 5.54. The predicted molar refractivity (Wildman–Crippen MR) is 120 cm³/mol. The first-order valence-electron chi connectivity index (χ1n) is 9.60. The smallest absolute Gasteiger partial charge is 0.251 e. The van der Waals surface area contributed by atoms with Gasteiger partial charge in [-0.2, -0.15) is 5.10 Å². The van der Waals surface area contributed by atoms with Gasteiger partial charge in [-0.1, -0.05) is 41.4 Å². The number of hydrogen-bond acceptors (Lipinski definition) is 4. The van der Waals surface area contributed by atoms with Crippen LogP contribution in [0.1, 0.15) is 23.7 Å². The van der Waals surface area contributed by atoms with Gasteiger partial charge in [0.2, 0.25) is 5.91 Å². The summed E-state index contributed by atoms with van der Waals surface area (Å²) in [6.07, 6.45) is -0.0755. The molecule has 0 bridgehead atoms. The summed E-state index contributed by atoms with van der Waals surface area (Å²) in [5, 5.41) is 11.4.